The standard InChI is InChI=1S/C15H14FN5O/c1-8-12(9-3-5-10(16)6-4-9)20-13(17)14-19-11(7-21(8)14)15(22)18-2/h3-7H,1-2H3,(H2,17,20)(H,18,22). The Morgan fingerprint density at radius 1 is 1.27 bits per heavy atom. The van der Waals surface area contributed by atoms with E-state index in [1.807, 2.05) is 6.92 Å². The van der Waals surface area contributed by atoms with Gasteiger partial charge in [0.25, 0.3) is 5.91 Å². The Kier molecular flexibility index (Phi) is 3.25. The number of amides is 1. The molecule has 0 bridgehead atoms. The summed E-state index contributed by atoms with van der Waals surface area (Å²) in [5.74, 6) is -0.411. The first kappa shape index (κ1) is 14.0. The fourth-order valence-electron chi connectivity index (χ4n) is 2.30. The van der Waals surface area contributed by atoms with Crippen molar-refractivity contribution in [1.82, 2.24) is 19.7 Å². The van der Waals surface area contributed by atoms with Gasteiger partial charge in [-0.3, -0.25) is 9.20 Å². The number of benzene rings is 1. The third-order valence-corrected chi connectivity index (χ3v) is 3.45. The molecule has 1 aromatic carbocycles. The minimum Gasteiger partial charge on any atom is -0.381 e. The van der Waals surface area contributed by atoms with Crippen LogP contribution in [0.25, 0.3) is 16.9 Å². The maximum Gasteiger partial charge on any atom is 0.271 e. The molecule has 0 spiro atoms. The van der Waals surface area contributed by atoms with Crippen LogP contribution in [0.3, 0.4) is 0 Å². The molecule has 0 unspecified atom stereocenters. The number of anilines is 1. The van der Waals surface area contributed by atoms with Crippen LogP contribution in [-0.4, -0.2) is 27.3 Å². The highest BCUT2D eigenvalue weighted by atomic mass is 19.1. The van der Waals surface area contributed by atoms with E-state index in [9.17, 15) is 9.18 Å². The van der Waals surface area contributed by atoms with E-state index in [1.165, 1.54) is 19.2 Å². The smallest absolute Gasteiger partial charge is 0.271 e. The molecular weight excluding hydrogens is 285 g/mol. The Morgan fingerprint density at radius 2 is 1.95 bits per heavy atom. The number of nitrogens with two attached hydrogens (primary N) is 1. The zero-order valence-electron chi connectivity index (χ0n) is 12.1. The molecule has 1 amide bonds. The summed E-state index contributed by atoms with van der Waals surface area (Å²) in [5.41, 5.74) is 8.74. The first-order valence-electron chi connectivity index (χ1n) is 6.64. The van der Waals surface area contributed by atoms with Crippen molar-refractivity contribution in [2.75, 3.05) is 12.8 Å². The highest BCUT2D eigenvalue weighted by Crippen LogP contribution is 2.25. The number of hydrogen-bond donors (Lipinski definition) is 2. The van der Waals surface area contributed by atoms with E-state index in [2.05, 4.69) is 15.3 Å². The van der Waals surface area contributed by atoms with Crippen molar-refractivity contribution in [2.45, 2.75) is 6.92 Å². The fraction of sp³-hybridized carbons (Fsp3) is 0.133. The zero-order chi connectivity index (χ0) is 15.9. The Morgan fingerprint density at radius 3 is 2.59 bits per heavy atom. The number of halogens is 1. The largest absolute Gasteiger partial charge is 0.381 e. The predicted octanol–water partition coefficient (Wildman–Crippen LogP) is 1.79. The number of hydrogen-bond acceptors (Lipinski definition) is 4. The van der Waals surface area contributed by atoms with Crippen molar-refractivity contribution >= 4 is 17.4 Å². The molecular formula is C15H14FN5O. The SMILES string of the molecule is CNC(=O)c1cn2c(C)c(-c3ccc(F)cc3)nc(N)c2n1. The normalized spacial score (nSPS) is 10.9. The second-order valence-electron chi connectivity index (χ2n) is 4.84. The van der Waals surface area contributed by atoms with E-state index < -0.39 is 0 Å². The summed E-state index contributed by atoms with van der Waals surface area (Å²) in [4.78, 5) is 20.2. The second kappa shape index (κ2) is 5.10. The molecule has 22 heavy (non-hydrogen) atoms. The average molecular weight is 299 g/mol. The summed E-state index contributed by atoms with van der Waals surface area (Å²) in [6, 6.07) is 5.99. The minimum atomic E-state index is -0.319. The number of nitrogen functional groups attached to an aromatic ring is 1. The molecule has 0 saturated heterocycles. The van der Waals surface area contributed by atoms with E-state index in [0.29, 0.717) is 11.3 Å². The van der Waals surface area contributed by atoms with Crippen LogP contribution in [0.15, 0.2) is 30.5 Å². The highest BCUT2D eigenvalue weighted by Gasteiger charge is 2.16. The van der Waals surface area contributed by atoms with Gasteiger partial charge in [0.2, 0.25) is 0 Å². The molecule has 112 valence electrons. The van der Waals surface area contributed by atoms with Gasteiger partial charge < -0.3 is 11.1 Å². The van der Waals surface area contributed by atoms with Crippen LogP contribution in [0, 0.1) is 12.7 Å². The Balaban J connectivity index is 2.23. The molecule has 3 rings (SSSR count). The minimum absolute atomic E-state index is 0.208. The van der Waals surface area contributed by atoms with Crippen LogP contribution in [0.4, 0.5) is 10.2 Å². The molecule has 0 saturated carbocycles. The number of aromatic nitrogens is 3. The van der Waals surface area contributed by atoms with Gasteiger partial charge in [0, 0.05) is 24.5 Å². The van der Waals surface area contributed by atoms with Gasteiger partial charge in [-0.1, -0.05) is 0 Å². The van der Waals surface area contributed by atoms with Gasteiger partial charge in [0.1, 0.15) is 11.5 Å². The van der Waals surface area contributed by atoms with Gasteiger partial charge in [0.15, 0.2) is 11.5 Å². The van der Waals surface area contributed by atoms with Crippen LogP contribution < -0.4 is 11.1 Å². The first-order chi connectivity index (χ1) is 10.5. The van der Waals surface area contributed by atoms with Gasteiger partial charge in [-0.15, -0.1) is 0 Å². The van der Waals surface area contributed by atoms with Crippen molar-refractivity contribution in [3.05, 3.63) is 47.7 Å². The zero-order valence-corrected chi connectivity index (χ0v) is 12.1. The molecule has 2 aromatic heterocycles. The molecule has 3 aromatic rings. The van der Waals surface area contributed by atoms with Crippen molar-refractivity contribution < 1.29 is 9.18 Å². The summed E-state index contributed by atoms with van der Waals surface area (Å²) >= 11 is 0. The number of nitrogens with one attached hydrogen (secondary N) is 1. The number of fused-ring (bicyclic) bond motifs is 1. The molecule has 3 N–H and O–H groups in total. The maximum atomic E-state index is 13.1. The summed E-state index contributed by atoms with van der Waals surface area (Å²) in [5, 5.41) is 2.52. The summed E-state index contributed by atoms with van der Waals surface area (Å²) < 4.78 is 14.8. The lowest BCUT2D eigenvalue weighted by Crippen LogP contribution is -2.17. The maximum absolute atomic E-state index is 13.1. The van der Waals surface area contributed by atoms with Crippen LogP contribution in [-0.2, 0) is 0 Å². The van der Waals surface area contributed by atoms with E-state index in [4.69, 9.17) is 5.73 Å². The number of rotatable bonds is 2. The molecule has 6 nitrogen and oxygen atoms in total. The van der Waals surface area contributed by atoms with Gasteiger partial charge in [-0.25, -0.2) is 14.4 Å². The van der Waals surface area contributed by atoms with Crippen LogP contribution >= 0.6 is 0 Å². The number of carbonyl (C=O) groups is 1. The lowest BCUT2D eigenvalue weighted by molar-refractivity contribution is 0.0959. The van der Waals surface area contributed by atoms with E-state index >= 15 is 0 Å². The topological polar surface area (TPSA) is 85.3 Å². The summed E-state index contributed by atoms with van der Waals surface area (Å²) in [7, 11) is 1.53. The Labute approximate surface area is 125 Å². The molecule has 0 radical (unpaired) electrons. The lowest BCUT2D eigenvalue weighted by Gasteiger charge is -2.09. The third-order valence-electron chi connectivity index (χ3n) is 3.45. The number of carbonyl (C=O) groups excluding carboxylic acids is 1. The predicted molar refractivity (Wildman–Crippen MR) is 80.9 cm³/mol. The fourth-order valence-corrected chi connectivity index (χ4v) is 2.30. The van der Waals surface area contributed by atoms with Gasteiger partial charge in [0.05, 0.1) is 5.69 Å². The van der Waals surface area contributed by atoms with Crippen LogP contribution in [0.2, 0.25) is 0 Å². The summed E-state index contributed by atoms with van der Waals surface area (Å²) in [6.07, 6.45) is 1.61. The molecule has 2 heterocycles. The van der Waals surface area contributed by atoms with Crippen molar-refractivity contribution in [1.29, 1.82) is 0 Å². The Hall–Kier alpha value is -2.96. The highest BCUT2D eigenvalue weighted by molar-refractivity contribution is 5.93. The van der Waals surface area contributed by atoms with Crippen molar-refractivity contribution in [3.8, 4) is 11.3 Å². The van der Waals surface area contributed by atoms with Crippen LogP contribution in [0.1, 0.15) is 16.2 Å². The first-order valence-corrected chi connectivity index (χ1v) is 6.64. The number of nitrogens with zero attached hydrogens (tertiary/aromatic N) is 3. The van der Waals surface area contributed by atoms with Gasteiger partial charge >= 0.3 is 0 Å². The monoisotopic (exact) mass is 299 g/mol. The average Bonchev–Trinajstić information content (AvgIpc) is 2.97. The lowest BCUT2D eigenvalue weighted by atomic mass is 10.1. The molecule has 0 aliphatic heterocycles. The van der Waals surface area contributed by atoms with E-state index in [-0.39, 0.29) is 23.2 Å². The van der Waals surface area contributed by atoms with Crippen LogP contribution in [0.5, 0.6) is 0 Å². The molecule has 0 atom stereocenters. The van der Waals surface area contributed by atoms with Gasteiger partial charge in [-0.2, -0.15) is 0 Å². The third kappa shape index (κ3) is 2.16. The Bertz CT molecular complexity index is 870. The van der Waals surface area contributed by atoms with Crippen molar-refractivity contribution in [3.63, 3.8) is 0 Å². The molecule has 7 heteroatoms. The molecule has 0 fully saturated rings. The van der Waals surface area contributed by atoms with E-state index in [0.717, 1.165) is 11.3 Å². The molecule has 0 aliphatic rings. The molecule has 0 aliphatic carbocycles. The number of aryl methyl sites for hydroxylation is 1. The quantitative estimate of drug-likeness (QED) is 0.755. The number of imidazole rings is 1. The van der Waals surface area contributed by atoms with Crippen molar-refractivity contribution in [2.24, 2.45) is 0 Å². The summed E-state index contributed by atoms with van der Waals surface area (Å²) in [6.45, 7) is 1.84. The second-order valence-corrected chi connectivity index (χ2v) is 4.84. The van der Waals surface area contributed by atoms with Gasteiger partial charge in [-0.05, 0) is 31.2 Å². The van der Waals surface area contributed by atoms with E-state index in [1.54, 1.807) is 22.7 Å².